The zero-order valence-corrected chi connectivity index (χ0v) is 13.3. The molecule has 21 heavy (non-hydrogen) atoms. The Hall–Kier alpha value is -1.98. The molecule has 2 aromatic heterocycles. The van der Waals surface area contributed by atoms with E-state index in [0.29, 0.717) is 10.0 Å². The summed E-state index contributed by atoms with van der Waals surface area (Å²) in [6.07, 6.45) is 0. The van der Waals surface area contributed by atoms with Crippen LogP contribution in [0, 0.1) is 13.8 Å². The highest BCUT2D eigenvalue weighted by atomic mass is 32.1. The molecule has 0 unspecified atom stereocenters. The van der Waals surface area contributed by atoms with Gasteiger partial charge in [-0.1, -0.05) is 29.8 Å². The number of aryl methyl sites for hydroxylation is 2. The van der Waals surface area contributed by atoms with Crippen LogP contribution < -0.4 is 5.32 Å². The Labute approximate surface area is 131 Å². The smallest absolute Gasteiger partial charge is 0.267 e. The van der Waals surface area contributed by atoms with Gasteiger partial charge in [0.05, 0.1) is 10.6 Å². The van der Waals surface area contributed by atoms with E-state index in [-0.39, 0.29) is 5.91 Å². The molecule has 106 valence electrons. The van der Waals surface area contributed by atoms with Crippen molar-refractivity contribution in [1.82, 2.24) is 4.98 Å². The van der Waals surface area contributed by atoms with Crippen molar-refractivity contribution in [3.05, 3.63) is 57.1 Å². The average Bonchev–Trinajstić information content (AvgIpc) is 3.09. The largest absolute Gasteiger partial charge is 0.297 e. The maximum Gasteiger partial charge on any atom is 0.267 e. The van der Waals surface area contributed by atoms with Gasteiger partial charge in [-0.25, -0.2) is 4.98 Å². The molecule has 0 aliphatic rings. The van der Waals surface area contributed by atoms with Gasteiger partial charge in [0.1, 0.15) is 0 Å². The number of benzene rings is 1. The zero-order chi connectivity index (χ0) is 14.8. The summed E-state index contributed by atoms with van der Waals surface area (Å²) in [5, 5.41) is 7.33. The predicted molar refractivity (Wildman–Crippen MR) is 89.3 cm³/mol. The van der Waals surface area contributed by atoms with Crippen LogP contribution >= 0.6 is 22.7 Å². The molecule has 0 aliphatic heterocycles. The molecule has 5 heteroatoms. The van der Waals surface area contributed by atoms with E-state index < -0.39 is 0 Å². The molecule has 1 aromatic carbocycles. The minimum atomic E-state index is -0.105. The first-order chi connectivity index (χ1) is 10.1. The van der Waals surface area contributed by atoms with Gasteiger partial charge >= 0.3 is 0 Å². The first-order valence-corrected chi connectivity index (χ1v) is 8.27. The van der Waals surface area contributed by atoms with Crippen LogP contribution in [0.4, 0.5) is 5.13 Å². The SMILES string of the molecule is Cc1ccc(-c2csc(NC(=O)c3cccs3)n2)c(C)c1. The minimum absolute atomic E-state index is 0.105. The summed E-state index contributed by atoms with van der Waals surface area (Å²) in [5.74, 6) is -0.105. The number of nitrogens with zero attached hydrogens (tertiary/aromatic N) is 1. The normalized spacial score (nSPS) is 10.6. The Bertz CT molecular complexity index is 775. The van der Waals surface area contributed by atoms with Gasteiger partial charge in [0.2, 0.25) is 0 Å². The summed E-state index contributed by atoms with van der Waals surface area (Å²) in [5.41, 5.74) is 4.43. The maximum atomic E-state index is 12.0. The summed E-state index contributed by atoms with van der Waals surface area (Å²) in [6.45, 7) is 4.15. The number of rotatable bonds is 3. The Kier molecular flexibility index (Phi) is 3.86. The van der Waals surface area contributed by atoms with Gasteiger partial charge in [-0.2, -0.15) is 0 Å². The number of carbonyl (C=O) groups excluding carboxylic acids is 1. The summed E-state index contributed by atoms with van der Waals surface area (Å²) < 4.78 is 0. The quantitative estimate of drug-likeness (QED) is 0.758. The van der Waals surface area contributed by atoms with Gasteiger partial charge in [-0.05, 0) is 30.9 Å². The predicted octanol–water partition coefficient (Wildman–Crippen LogP) is 4.74. The fraction of sp³-hybridized carbons (Fsp3) is 0.125. The number of thiophene rings is 1. The van der Waals surface area contributed by atoms with E-state index in [4.69, 9.17) is 0 Å². The van der Waals surface area contributed by atoms with Crippen LogP contribution in [0.5, 0.6) is 0 Å². The fourth-order valence-electron chi connectivity index (χ4n) is 2.12. The maximum absolute atomic E-state index is 12.0. The molecule has 3 rings (SSSR count). The van der Waals surface area contributed by atoms with Crippen LogP contribution in [0.15, 0.2) is 41.1 Å². The van der Waals surface area contributed by atoms with Crippen molar-refractivity contribution in [2.24, 2.45) is 0 Å². The molecule has 1 amide bonds. The van der Waals surface area contributed by atoms with Crippen molar-refractivity contribution in [2.45, 2.75) is 13.8 Å². The minimum Gasteiger partial charge on any atom is -0.297 e. The van der Waals surface area contributed by atoms with Crippen LogP contribution in [-0.4, -0.2) is 10.9 Å². The number of hydrogen-bond donors (Lipinski definition) is 1. The van der Waals surface area contributed by atoms with Gasteiger partial charge in [0.25, 0.3) is 5.91 Å². The molecule has 1 N–H and O–H groups in total. The molecule has 0 radical (unpaired) electrons. The number of anilines is 1. The van der Waals surface area contributed by atoms with Crippen molar-refractivity contribution < 1.29 is 4.79 Å². The Balaban J connectivity index is 1.82. The van der Waals surface area contributed by atoms with Crippen molar-refractivity contribution in [3.8, 4) is 11.3 Å². The van der Waals surface area contributed by atoms with E-state index in [1.807, 2.05) is 16.8 Å². The van der Waals surface area contributed by atoms with Gasteiger partial charge < -0.3 is 0 Å². The lowest BCUT2D eigenvalue weighted by Gasteiger charge is -2.03. The summed E-state index contributed by atoms with van der Waals surface area (Å²) in [4.78, 5) is 17.2. The Morgan fingerprint density at radius 3 is 2.76 bits per heavy atom. The topological polar surface area (TPSA) is 42.0 Å². The van der Waals surface area contributed by atoms with E-state index in [9.17, 15) is 4.79 Å². The van der Waals surface area contributed by atoms with E-state index in [2.05, 4.69) is 42.3 Å². The molecule has 0 saturated carbocycles. The van der Waals surface area contributed by atoms with E-state index in [1.165, 1.54) is 33.8 Å². The third-order valence-electron chi connectivity index (χ3n) is 3.13. The average molecular weight is 314 g/mol. The second-order valence-electron chi connectivity index (χ2n) is 4.79. The van der Waals surface area contributed by atoms with Crippen LogP contribution in [0.3, 0.4) is 0 Å². The number of nitrogens with one attached hydrogen (secondary N) is 1. The van der Waals surface area contributed by atoms with Crippen LogP contribution in [0.1, 0.15) is 20.8 Å². The molecule has 3 aromatic rings. The first-order valence-electron chi connectivity index (χ1n) is 6.51. The molecule has 0 aliphatic carbocycles. The standard InChI is InChI=1S/C16H14N2OS2/c1-10-5-6-12(11(2)8-10)13-9-21-16(17-13)18-15(19)14-4-3-7-20-14/h3-9H,1-2H3,(H,17,18,19). The Morgan fingerprint density at radius 1 is 1.19 bits per heavy atom. The number of thiazole rings is 1. The first kappa shape index (κ1) is 14.0. The molecule has 2 heterocycles. The van der Waals surface area contributed by atoms with Crippen molar-refractivity contribution in [1.29, 1.82) is 0 Å². The van der Waals surface area contributed by atoms with Crippen molar-refractivity contribution >= 4 is 33.7 Å². The molecule has 0 atom stereocenters. The second kappa shape index (κ2) is 5.79. The van der Waals surface area contributed by atoms with Crippen LogP contribution in [0.2, 0.25) is 0 Å². The van der Waals surface area contributed by atoms with Gasteiger partial charge in [-0.3, -0.25) is 10.1 Å². The molecule has 0 fully saturated rings. The van der Waals surface area contributed by atoms with E-state index in [0.717, 1.165) is 11.3 Å². The molecule has 3 nitrogen and oxygen atoms in total. The highest BCUT2D eigenvalue weighted by Gasteiger charge is 2.11. The third-order valence-corrected chi connectivity index (χ3v) is 4.75. The molecule has 0 saturated heterocycles. The van der Waals surface area contributed by atoms with Gasteiger partial charge in [0, 0.05) is 10.9 Å². The van der Waals surface area contributed by atoms with Crippen molar-refractivity contribution in [2.75, 3.05) is 5.32 Å². The summed E-state index contributed by atoms with van der Waals surface area (Å²) in [6, 6.07) is 9.95. The number of hydrogen-bond acceptors (Lipinski definition) is 4. The summed E-state index contributed by atoms with van der Waals surface area (Å²) >= 11 is 2.87. The lowest BCUT2D eigenvalue weighted by Crippen LogP contribution is -2.09. The van der Waals surface area contributed by atoms with E-state index >= 15 is 0 Å². The van der Waals surface area contributed by atoms with E-state index in [1.54, 1.807) is 6.07 Å². The fourth-order valence-corrected chi connectivity index (χ4v) is 3.45. The number of amides is 1. The van der Waals surface area contributed by atoms with Crippen LogP contribution in [0.25, 0.3) is 11.3 Å². The molecular weight excluding hydrogens is 300 g/mol. The molecular formula is C16H14N2OS2. The number of carbonyl (C=O) groups is 1. The monoisotopic (exact) mass is 314 g/mol. The highest BCUT2D eigenvalue weighted by molar-refractivity contribution is 7.14. The van der Waals surface area contributed by atoms with Gasteiger partial charge in [-0.15, -0.1) is 22.7 Å². The van der Waals surface area contributed by atoms with Crippen LogP contribution in [-0.2, 0) is 0 Å². The highest BCUT2D eigenvalue weighted by Crippen LogP contribution is 2.28. The number of aromatic nitrogens is 1. The molecule has 0 bridgehead atoms. The lowest BCUT2D eigenvalue weighted by molar-refractivity contribution is 0.103. The van der Waals surface area contributed by atoms with Crippen molar-refractivity contribution in [3.63, 3.8) is 0 Å². The lowest BCUT2D eigenvalue weighted by atomic mass is 10.0. The molecule has 0 spiro atoms. The third kappa shape index (κ3) is 3.04. The summed E-state index contributed by atoms with van der Waals surface area (Å²) in [7, 11) is 0. The van der Waals surface area contributed by atoms with Gasteiger partial charge in [0.15, 0.2) is 5.13 Å². The second-order valence-corrected chi connectivity index (χ2v) is 6.59. The Morgan fingerprint density at radius 2 is 2.05 bits per heavy atom. The zero-order valence-electron chi connectivity index (χ0n) is 11.7.